The Bertz CT molecular complexity index is 2180. The summed E-state index contributed by atoms with van der Waals surface area (Å²) in [5.74, 6) is -9.73. The summed E-state index contributed by atoms with van der Waals surface area (Å²) in [7, 11) is 2.46. The third-order valence-electron chi connectivity index (χ3n) is 10.3. The maximum absolute atomic E-state index is 14.6. The van der Waals surface area contributed by atoms with Gasteiger partial charge in [-0.05, 0) is 98.6 Å². The molecule has 10 nitrogen and oxygen atoms in total. The number of imide groups is 2. The first-order chi connectivity index (χ1) is 24.8. The molecule has 278 valence electrons. The van der Waals surface area contributed by atoms with E-state index in [2.05, 4.69) is 36.8 Å². The zero-order valence-corrected chi connectivity index (χ0v) is 32.5. The van der Waals surface area contributed by atoms with Crippen molar-refractivity contribution >= 4 is 102 Å². The molecule has 0 spiro atoms. The van der Waals surface area contributed by atoms with Gasteiger partial charge in [0.05, 0.1) is 34.1 Å². The van der Waals surface area contributed by atoms with E-state index in [1.54, 1.807) is 6.08 Å². The molecule has 0 bridgehead atoms. The lowest BCUT2D eigenvalue weighted by Crippen LogP contribution is -2.60. The molecule has 19 heteroatoms. The van der Waals surface area contributed by atoms with Crippen LogP contribution in [0.5, 0.6) is 11.5 Å². The van der Waals surface area contributed by atoms with Crippen LogP contribution in [-0.2, 0) is 25.4 Å². The molecule has 2 aliphatic carbocycles. The third kappa shape index (κ3) is 5.33. The van der Waals surface area contributed by atoms with Gasteiger partial charge in [0.2, 0.25) is 0 Å². The Morgan fingerprint density at radius 1 is 1.00 bits per heavy atom. The van der Waals surface area contributed by atoms with E-state index in [9.17, 15) is 41.8 Å². The summed E-state index contributed by atoms with van der Waals surface area (Å²) in [6.45, 7) is 0. The van der Waals surface area contributed by atoms with E-state index in [1.807, 2.05) is 0 Å². The summed E-state index contributed by atoms with van der Waals surface area (Å²) in [5, 5.41) is 12.0. The number of nitrogens with zero attached hydrogens (tertiary/aromatic N) is 4. The lowest BCUT2D eigenvalue weighted by atomic mass is 9.56. The number of hydrazine groups is 1. The minimum absolute atomic E-state index is 0.0293. The van der Waals surface area contributed by atoms with Crippen molar-refractivity contribution in [2.75, 3.05) is 24.1 Å². The van der Waals surface area contributed by atoms with Crippen molar-refractivity contribution in [3.05, 3.63) is 85.2 Å². The summed E-state index contributed by atoms with van der Waals surface area (Å²) in [6, 6.07) is 7.50. The number of amides is 4. The fourth-order valence-electron chi connectivity index (χ4n) is 7.91. The van der Waals surface area contributed by atoms with E-state index < -0.39 is 87.0 Å². The molecule has 6 atom stereocenters. The number of hydrogen-bond acceptors (Lipinski definition) is 8. The first kappa shape index (κ1) is 37.9. The van der Waals surface area contributed by atoms with E-state index >= 15 is 0 Å². The average Bonchev–Trinajstić information content (AvgIpc) is 3.45. The molecule has 2 aliphatic heterocycles. The Kier molecular flexibility index (Phi) is 9.16. The SMILES string of the molecule is COc1cc([C@H]2C3=CC[C@@H]4C(=O)N(N(C)c5nc(C(F)(F)F)ccc5Cl)C(=O)[C@@H]4[C@@H]3C[C@@]3(Cl)C(=O)N(c4ccc(F)cc4)C(=O)[C@@]23Cl)c(Br)c(Br)c1O. The highest BCUT2D eigenvalue weighted by molar-refractivity contribution is 9.13. The quantitative estimate of drug-likeness (QED) is 0.120. The van der Waals surface area contributed by atoms with Gasteiger partial charge in [0.1, 0.15) is 11.5 Å². The standard InChI is InChI=1S/C34H23Br2Cl3F4N4O6/c1-45(27-19(37)9-10-21(44-27)34(41,42)43)47-28(49)16-8-7-15-18(22(16)29(47)50)12-32(38)30(51)46(14-5-3-13(40)4-6-14)31(52)33(32,39)23(15)17-11-20(53-2)26(48)25(36)24(17)35/h3-7,9-11,16,18,22-23,48H,8,12H2,1-2H3/t16-,18+,22-,23+,32+,33-/m0/s1. The van der Waals surface area contributed by atoms with Crippen LogP contribution in [-0.4, -0.2) is 62.6 Å². The van der Waals surface area contributed by atoms with Gasteiger partial charge in [-0.15, -0.1) is 23.2 Å². The van der Waals surface area contributed by atoms with Gasteiger partial charge < -0.3 is 9.84 Å². The minimum Gasteiger partial charge on any atom is -0.503 e. The topological polar surface area (TPSA) is 120 Å². The predicted octanol–water partition coefficient (Wildman–Crippen LogP) is 7.75. The fraction of sp³-hybridized carbons (Fsp3) is 0.324. The monoisotopic (exact) mass is 922 g/mol. The first-order valence-electron chi connectivity index (χ1n) is 15.6. The number of halogens is 9. The smallest absolute Gasteiger partial charge is 0.433 e. The van der Waals surface area contributed by atoms with Gasteiger partial charge in [-0.1, -0.05) is 23.3 Å². The van der Waals surface area contributed by atoms with Crippen molar-refractivity contribution in [1.29, 1.82) is 0 Å². The van der Waals surface area contributed by atoms with Gasteiger partial charge in [0, 0.05) is 17.4 Å². The molecule has 0 unspecified atom stereocenters. The van der Waals surface area contributed by atoms with Gasteiger partial charge in [0.25, 0.3) is 23.6 Å². The number of rotatable bonds is 5. The number of allylic oxidation sites excluding steroid dienone is 2. The second kappa shape index (κ2) is 12.8. The molecule has 3 heterocycles. The molecule has 3 aromatic rings. The van der Waals surface area contributed by atoms with Crippen LogP contribution in [0, 0.1) is 23.6 Å². The molecule has 2 aromatic carbocycles. The number of carbonyl (C=O) groups is 4. The Morgan fingerprint density at radius 2 is 1.66 bits per heavy atom. The van der Waals surface area contributed by atoms with Crippen LogP contribution in [0.1, 0.15) is 30.0 Å². The Hall–Kier alpha value is -3.44. The number of aromatic hydroxyl groups is 1. The maximum Gasteiger partial charge on any atom is 0.433 e. The second-order valence-corrected chi connectivity index (χ2v) is 16.1. The zero-order chi connectivity index (χ0) is 38.7. The van der Waals surface area contributed by atoms with Gasteiger partial charge in [0.15, 0.2) is 27.1 Å². The van der Waals surface area contributed by atoms with E-state index in [0.29, 0.717) is 16.6 Å². The van der Waals surface area contributed by atoms with Crippen LogP contribution in [0.25, 0.3) is 0 Å². The van der Waals surface area contributed by atoms with Crippen LogP contribution in [0.2, 0.25) is 5.02 Å². The molecule has 2 saturated heterocycles. The molecule has 4 amide bonds. The average molecular weight is 926 g/mol. The third-order valence-corrected chi connectivity index (χ3v) is 14.2. The number of ether oxygens (including phenoxy) is 1. The number of methoxy groups -OCH3 is 1. The molecule has 1 N–H and O–H groups in total. The second-order valence-electron chi connectivity index (χ2n) is 12.9. The molecule has 1 saturated carbocycles. The summed E-state index contributed by atoms with van der Waals surface area (Å²) >= 11 is 27.8. The van der Waals surface area contributed by atoms with E-state index in [4.69, 9.17) is 39.5 Å². The Balaban J connectivity index is 1.39. The molecular formula is C34H23Br2Cl3F4N4O6. The van der Waals surface area contributed by atoms with Crippen LogP contribution < -0.4 is 14.6 Å². The summed E-state index contributed by atoms with van der Waals surface area (Å²) in [5.41, 5.74) is -0.758. The molecule has 1 aromatic heterocycles. The van der Waals surface area contributed by atoms with Crippen LogP contribution in [0.3, 0.4) is 0 Å². The fourth-order valence-corrected chi connectivity index (χ4v) is 10.0. The molecule has 53 heavy (non-hydrogen) atoms. The van der Waals surface area contributed by atoms with E-state index in [0.717, 1.165) is 28.1 Å². The van der Waals surface area contributed by atoms with Gasteiger partial charge in [-0.2, -0.15) is 18.2 Å². The number of pyridine rings is 1. The number of phenols is 1. The number of aromatic nitrogens is 1. The summed E-state index contributed by atoms with van der Waals surface area (Å²) < 4.78 is 60.5. The van der Waals surface area contributed by atoms with Crippen LogP contribution in [0.15, 0.2) is 63.1 Å². The van der Waals surface area contributed by atoms with Crippen LogP contribution >= 0.6 is 66.7 Å². The first-order valence-corrected chi connectivity index (χ1v) is 18.3. The Labute approximate surface area is 329 Å². The molecule has 7 rings (SSSR count). The molecule has 0 radical (unpaired) electrons. The number of fused-ring (bicyclic) bond motifs is 4. The predicted molar refractivity (Wildman–Crippen MR) is 191 cm³/mol. The van der Waals surface area contributed by atoms with Crippen molar-refractivity contribution in [3.63, 3.8) is 0 Å². The lowest BCUT2D eigenvalue weighted by Gasteiger charge is -2.51. The maximum atomic E-state index is 14.6. The minimum atomic E-state index is -4.86. The van der Waals surface area contributed by atoms with Gasteiger partial charge >= 0.3 is 6.18 Å². The highest BCUT2D eigenvalue weighted by Crippen LogP contribution is 2.67. The van der Waals surface area contributed by atoms with Crippen LogP contribution in [0.4, 0.5) is 29.1 Å². The summed E-state index contributed by atoms with van der Waals surface area (Å²) in [4.78, 5) is 57.4. The molecule has 3 fully saturated rings. The van der Waals surface area contributed by atoms with Crippen molar-refractivity contribution in [2.24, 2.45) is 17.8 Å². The number of carbonyl (C=O) groups excluding carboxylic acids is 4. The number of benzene rings is 2. The van der Waals surface area contributed by atoms with E-state index in [-0.39, 0.29) is 43.1 Å². The number of phenolic OH excluding ortho intramolecular Hbond substituents is 1. The largest absolute Gasteiger partial charge is 0.503 e. The number of hydrogen-bond donors (Lipinski definition) is 1. The lowest BCUT2D eigenvalue weighted by molar-refractivity contribution is -0.141. The molecular weight excluding hydrogens is 903 g/mol. The van der Waals surface area contributed by atoms with Crippen molar-refractivity contribution in [1.82, 2.24) is 9.99 Å². The Morgan fingerprint density at radius 3 is 2.28 bits per heavy atom. The molecule has 4 aliphatic rings. The van der Waals surface area contributed by atoms with Gasteiger partial charge in [-0.25, -0.2) is 14.3 Å². The van der Waals surface area contributed by atoms with Gasteiger partial charge in [-0.3, -0.25) is 24.2 Å². The van der Waals surface area contributed by atoms with Crippen molar-refractivity contribution in [3.8, 4) is 11.5 Å². The van der Waals surface area contributed by atoms with E-state index in [1.165, 1.54) is 32.4 Å². The number of alkyl halides is 5. The summed E-state index contributed by atoms with van der Waals surface area (Å²) in [6.07, 6.45) is -3.74. The van der Waals surface area contributed by atoms with Crippen molar-refractivity contribution < 1.29 is 46.6 Å². The highest BCUT2D eigenvalue weighted by Gasteiger charge is 2.77. The highest BCUT2D eigenvalue weighted by atomic mass is 79.9. The van der Waals surface area contributed by atoms with Crippen molar-refractivity contribution in [2.45, 2.75) is 34.7 Å². The normalized spacial score (nSPS) is 28.2. The number of anilines is 2. The zero-order valence-electron chi connectivity index (χ0n) is 27.0.